The van der Waals surface area contributed by atoms with Crippen LogP contribution in [-0.2, 0) is 16.0 Å². The molecule has 0 aliphatic carbocycles. The van der Waals surface area contributed by atoms with Gasteiger partial charge in [0.15, 0.2) is 15.0 Å². The minimum atomic E-state index is -4.65. The van der Waals surface area contributed by atoms with E-state index < -0.39 is 32.9 Å². The molecule has 0 aliphatic rings. The molecule has 146 valence electrons. The van der Waals surface area contributed by atoms with Crippen LogP contribution < -0.4 is 5.32 Å². The minimum absolute atomic E-state index is 0.0264. The Bertz CT molecular complexity index is 1140. The standard InChI is InChI=1S/C18H13F3N2O3S2/c1-28(25,26)12-6-4-5-11(9-12)23-17-22-10-15(27-17)16(24)13-7-2-3-8-14(13)18(19,20)21/h2-10H,1H3,(H,22,23). The molecule has 1 aromatic heterocycles. The van der Waals surface area contributed by atoms with Gasteiger partial charge in [-0.2, -0.15) is 13.2 Å². The van der Waals surface area contributed by atoms with Gasteiger partial charge in [0.05, 0.1) is 21.5 Å². The second-order valence-corrected chi connectivity index (χ2v) is 8.87. The fraction of sp³-hybridized carbons (Fsp3) is 0.111. The number of carbonyl (C=O) groups excluding carboxylic acids is 1. The number of rotatable bonds is 5. The third-order valence-electron chi connectivity index (χ3n) is 3.72. The van der Waals surface area contributed by atoms with Crippen LogP contribution in [0.5, 0.6) is 0 Å². The van der Waals surface area contributed by atoms with E-state index in [1.54, 1.807) is 6.07 Å². The zero-order valence-electron chi connectivity index (χ0n) is 14.3. The molecule has 0 atom stereocenters. The highest BCUT2D eigenvalue weighted by Crippen LogP contribution is 2.34. The van der Waals surface area contributed by atoms with Crippen LogP contribution in [0.25, 0.3) is 0 Å². The van der Waals surface area contributed by atoms with Gasteiger partial charge in [-0.3, -0.25) is 4.79 Å². The van der Waals surface area contributed by atoms with Crippen LogP contribution >= 0.6 is 11.3 Å². The summed E-state index contributed by atoms with van der Waals surface area (Å²) in [4.78, 5) is 16.7. The predicted octanol–water partition coefficient (Wildman–Crippen LogP) is 4.54. The fourth-order valence-electron chi connectivity index (χ4n) is 2.43. The summed E-state index contributed by atoms with van der Waals surface area (Å²) in [6.07, 6.45) is -2.39. The van der Waals surface area contributed by atoms with Crippen molar-refractivity contribution in [3.63, 3.8) is 0 Å². The van der Waals surface area contributed by atoms with E-state index in [1.165, 1.54) is 36.5 Å². The van der Waals surface area contributed by atoms with E-state index in [0.717, 1.165) is 29.7 Å². The summed E-state index contributed by atoms with van der Waals surface area (Å²) < 4.78 is 62.6. The van der Waals surface area contributed by atoms with Crippen molar-refractivity contribution < 1.29 is 26.4 Å². The predicted molar refractivity (Wildman–Crippen MR) is 99.8 cm³/mol. The van der Waals surface area contributed by atoms with Crippen LogP contribution in [0.1, 0.15) is 20.8 Å². The first-order chi connectivity index (χ1) is 13.1. The summed E-state index contributed by atoms with van der Waals surface area (Å²) in [6, 6.07) is 10.5. The molecule has 3 rings (SSSR count). The van der Waals surface area contributed by atoms with Crippen LogP contribution in [0.15, 0.2) is 59.6 Å². The Labute approximate surface area is 162 Å². The van der Waals surface area contributed by atoms with Crippen LogP contribution in [0.2, 0.25) is 0 Å². The normalized spacial score (nSPS) is 12.0. The van der Waals surface area contributed by atoms with Crippen molar-refractivity contribution in [2.24, 2.45) is 0 Å². The number of anilines is 2. The third kappa shape index (κ3) is 4.39. The summed E-state index contributed by atoms with van der Waals surface area (Å²) in [6.45, 7) is 0. The number of nitrogens with zero attached hydrogens (tertiary/aromatic N) is 1. The average molecular weight is 426 g/mol. The second kappa shape index (κ2) is 7.36. The molecule has 1 N–H and O–H groups in total. The van der Waals surface area contributed by atoms with Crippen LogP contribution in [0.3, 0.4) is 0 Å². The number of sulfone groups is 1. The molecule has 0 spiro atoms. The van der Waals surface area contributed by atoms with Gasteiger partial charge in [-0.25, -0.2) is 13.4 Å². The van der Waals surface area contributed by atoms with Gasteiger partial charge in [0, 0.05) is 17.5 Å². The number of carbonyl (C=O) groups is 1. The monoisotopic (exact) mass is 426 g/mol. The van der Waals surface area contributed by atoms with E-state index in [0.29, 0.717) is 5.69 Å². The van der Waals surface area contributed by atoms with Crippen molar-refractivity contribution in [3.8, 4) is 0 Å². The molecule has 28 heavy (non-hydrogen) atoms. The molecule has 0 bridgehead atoms. The van der Waals surface area contributed by atoms with E-state index in [4.69, 9.17) is 0 Å². The number of thiazole rings is 1. The SMILES string of the molecule is CS(=O)(=O)c1cccc(Nc2ncc(C(=O)c3ccccc3C(F)(F)F)s2)c1. The Morgan fingerprint density at radius 1 is 1.11 bits per heavy atom. The van der Waals surface area contributed by atoms with Gasteiger partial charge in [0.2, 0.25) is 5.78 Å². The summed E-state index contributed by atoms with van der Waals surface area (Å²) >= 11 is 0.875. The highest BCUT2D eigenvalue weighted by molar-refractivity contribution is 7.90. The van der Waals surface area contributed by atoms with Crippen molar-refractivity contribution >= 4 is 37.8 Å². The number of hydrogen-bond donors (Lipinski definition) is 1. The number of benzene rings is 2. The van der Waals surface area contributed by atoms with E-state index in [9.17, 15) is 26.4 Å². The Hall–Kier alpha value is -2.72. The molecule has 0 saturated heterocycles. The molecule has 0 fully saturated rings. The van der Waals surface area contributed by atoms with Crippen LogP contribution in [0, 0.1) is 0 Å². The maximum Gasteiger partial charge on any atom is 0.417 e. The first-order valence-corrected chi connectivity index (χ1v) is 10.5. The van der Waals surface area contributed by atoms with E-state index >= 15 is 0 Å². The molecule has 0 amide bonds. The molecule has 0 unspecified atom stereocenters. The lowest BCUT2D eigenvalue weighted by molar-refractivity contribution is -0.137. The minimum Gasteiger partial charge on any atom is -0.331 e. The molecule has 0 radical (unpaired) electrons. The van der Waals surface area contributed by atoms with Gasteiger partial charge >= 0.3 is 6.18 Å². The largest absolute Gasteiger partial charge is 0.417 e. The molecule has 2 aromatic carbocycles. The van der Waals surface area contributed by atoms with Crippen molar-refractivity contribution in [2.45, 2.75) is 11.1 Å². The molecule has 1 heterocycles. The molecule has 5 nitrogen and oxygen atoms in total. The van der Waals surface area contributed by atoms with Crippen molar-refractivity contribution in [3.05, 3.63) is 70.7 Å². The first-order valence-electron chi connectivity index (χ1n) is 7.79. The van der Waals surface area contributed by atoms with Gasteiger partial charge in [-0.05, 0) is 24.3 Å². The lowest BCUT2D eigenvalue weighted by Crippen LogP contribution is -2.12. The smallest absolute Gasteiger partial charge is 0.331 e. The summed E-state index contributed by atoms with van der Waals surface area (Å²) in [5.41, 5.74) is -1.04. The highest BCUT2D eigenvalue weighted by atomic mass is 32.2. The lowest BCUT2D eigenvalue weighted by Gasteiger charge is -2.10. The van der Waals surface area contributed by atoms with Gasteiger partial charge in [0.1, 0.15) is 0 Å². The zero-order chi connectivity index (χ0) is 20.5. The van der Waals surface area contributed by atoms with Crippen molar-refractivity contribution in [1.29, 1.82) is 0 Å². The summed E-state index contributed by atoms with van der Waals surface area (Å²) in [5, 5.41) is 3.11. The fourth-order valence-corrected chi connectivity index (χ4v) is 3.88. The quantitative estimate of drug-likeness (QED) is 0.606. The summed E-state index contributed by atoms with van der Waals surface area (Å²) in [5.74, 6) is -0.789. The Balaban J connectivity index is 1.87. The number of alkyl halides is 3. The molecular formula is C18H13F3N2O3S2. The van der Waals surface area contributed by atoms with Crippen LogP contribution in [0.4, 0.5) is 24.0 Å². The maximum absolute atomic E-state index is 13.1. The van der Waals surface area contributed by atoms with Gasteiger partial charge in [-0.1, -0.05) is 35.6 Å². The topological polar surface area (TPSA) is 76.1 Å². The summed E-state index contributed by atoms with van der Waals surface area (Å²) in [7, 11) is -3.40. The number of hydrogen-bond acceptors (Lipinski definition) is 6. The number of nitrogens with one attached hydrogen (secondary N) is 1. The molecule has 3 aromatic rings. The average Bonchev–Trinajstić information content (AvgIpc) is 3.08. The lowest BCUT2D eigenvalue weighted by atomic mass is 10.0. The highest BCUT2D eigenvalue weighted by Gasteiger charge is 2.35. The number of ketones is 1. The first kappa shape index (κ1) is 20.0. The molecule has 10 heteroatoms. The van der Waals surface area contributed by atoms with E-state index in [-0.39, 0.29) is 14.9 Å². The molecular weight excluding hydrogens is 413 g/mol. The van der Waals surface area contributed by atoms with Gasteiger partial charge in [0.25, 0.3) is 0 Å². The Morgan fingerprint density at radius 2 is 1.82 bits per heavy atom. The number of halogens is 3. The second-order valence-electron chi connectivity index (χ2n) is 5.83. The Morgan fingerprint density at radius 3 is 2.50 bits per heavy atom. The maximum atomic E-state index is 13.1. The zero-order valence-corrected chi connectivity index (χ0v) is 16.0. The molecule has 0 saturated carbocycles. The van der Waals surface area contributed by atoms with E-state index in [2.05, 4.69) is 10.3 Å². The van der Waals surface area contributed by atoms with Crippen molar-refractivity contribution in [1.82, 2.24) is 4.98 Å². The van der Waals surface area contributed by atoms with E-state index in [1.807, 2.05) is 0 Å². The number of aromatic nitrogens is 1. The molecule has 0 aliphatic heterocycles. The third-order valence-corrected chi connectivity index (χ3v) is 5.74. The van der Waals surface area contributed by atoms with Crippen LogP contribution in [-0.4, -0.2) is 25.4 Å². The Kier molecular flexibility index (Phi) is 5.26. The van der Waals surface area contributed by atoms with Crippen molar-refractivity contribution in [2.75, 3.05) is 11.6 Å². The van der Waals surface area contributed by atoms with Gasteiger partial charge < -0.3 is 5.32 Å². The van der Waals surface area contributed by atoms with Gasteiger partial charge in [-0.15, -0.1) is 0 Å².